The van der Waals surface area contributed by atoms with Crippen molar-refractivity contribution in [1.29, 1.82) is 0 Å². The van der Waals surface area contributed by atoms with Crippen molar-refractivity contribution in [2.75, 3.05) is 7.11 Å². The van der Waals surface area contributed by atoms with E-state index >= 15 is 0 Å². The Morgan fingerprint density at radius 1 is 0.658 bits per heavy atom. The van der Waals surface area contributed by atoms with Crippen molar-refractivity contribution >= 4 is 5.97 Å². The lowest BCUT2D eigenvalue weighted by molar-refractivity contribution is -0.462. The van der Waals surface area contributed by atoms with Crippen LogP contribution in [0.25, 0.3) is 0 Å². The molecule has 0 aliphatic rings. The monoisotopic (exact) mass is 598 g/mol. The van der Waals surface area contributed by atoms with Crippen molar-refractivity contribution in [3.8, 4) is 0 Å². The summed E-state index contributed by atoms with van der Waals surface area (Å²) >= 11 is 0. The summed E-state index contributed by atoms with van der Waals surface area (Å²) in [6, 6.07) is 2.41. The maximum atomic E-state index is 14.0. The van der Waals surface area contributed by atoms with E-state index in [1.165, 1.54) is 0 Å². The molecule has 1 N–H and O–H groups in total. The Labute approximate surface area is 199 Å². The molecule has 1 rings (SSSR count). The fourth-order valence-corrected chi connectivity index (χ4v) is 2.64. The number of carbonyl (C=O) groups is 1. The van der Waals surface area contributed by atoms with Gasteiger partial charge in [0.25, 0.3) is 0 Å². The molecule has 0 saturated heterocycles. The van der Waals surface area contributed by atoms with Gasteiger partial charge in [-0.15, -0.1) is 0 Å². The van der Waals surface area contributed by atoms with Gasteiger partial charge in [0, 0.05) is 6.42 Å². The Morgan fingerprint density at radius 2 is 1.00 bits per heavy atom. The zero-order valence-electron chi connectivity index (χ0n) is 17.8. The predicted molar refractivity (Wildman–Crippen MR) is 88.0 cm³/mol. The lowest BCUT2D eigenvalue weighted by Crippen LogP contribution is -2.74. The van der Waals surface area contributed by atoms with Crippen LogP contribution in [0.15, 0.2) is 24.3 Å². The van der Waals surface area contributed by atoms with Crippen LogP contribution < -0.4 is 0 Å². The molecule has 0 amide bonds. The molecule has 0 spiro atoms. The van der Waals surface area contributed by atoms with Crippen LogP contribution in [0.4, 0.5) is 74.6 Å². The zero-order valence-corrected chi connectivity index (χ0v) is 17.8. The molecule has 38 heavy (non-hydrogen) atoms. The third-order valence-corrected chi connectivity index (χ3v) is 4.95. The lowest BCUT2D eigenvalue weighted by atomic mass is 9.87. The number of carbonyl (C=O) groups excluding carboxylic acids is 1. The second kappa shape index (κ2) is 9.58. The van der Waals surface area contributed by atoms with Crippen LogP contribution in [-0.4, -0.2) is 65.8 Å². The Kier molecular flexibility index (Phi) is 8.44. The van der Waals surface area contributed by atoms with Crippen molar-refractivity contribution in [3.63, 3.8) is 0 Å². The number of hydrogen-bond acceptors (Lipinski definition) is 3. The van der Waals surface area contributed by atoms with Gasteiger partial charge in [0.05, 0.1) is 18.8 Å². The first-order valence-electron chi connectivity index (χ1n) is 9.16. The molecular formula is C18H11F17O3. The van der Waals surface area contributed by atoms with E-state index in [1.807, 2.05) is 0 Å². The van der Waals surface area contributed by atoms with Crippen molar-refractivity contribution in [2.24, 2.45) is 0 Å². The van der Waals surface area contributed by atoms with Gasteiger partial charge in [0.1, 0.15) is 0 Å². The van der Waals surface area contributed by atoms with E-state index in [9.17, 15) is 84.5 Å². The fourth-order valence-electron chi connectivity index (χ4n) is 2.64. The molecule has 0 fully saturated rings. The smallest absolute Gasteiger partial charge is 0.460 e. The van der Waals surface area contributed by atoms with Crippen LogP contribution in [0, 0.1) is 0 Å². The molecule has 0 aromatic heterocycles. The highest BCUT2D eigenvalue weighted by molar-refractivity contribution is 5.89. The third kappa shape index (κ3) is 4.83. The van der Waals surface area contributed by atoms with E-state index in [0.29, 0.717) is 24.3 Å². The maximum Gasteiger partial charge on any atom is 0.460 e. The van der Waals surface area contributed by atoms with Crippen LogP contribution >= 0.6 is 0 Å². The van der Waals surface area contributed by atoms with Gasteiger partial charge < -0.3 is 9.84 Å². The quantitative estimate of drug-likeness (QED) is 0.236. The summed E-state index contributed by atoms with van der Waals surface area (Å²) < 4.78 is 230. The van der Waals surface area contributed by atoms with Crippen LogP contribution in [0.1, 0.15) is 28.4 Å². The summed E-state index contributed by atoms with van der Waals surface area (Å²) in [5.41, 5.74) is -1.27. The van der Waals surface area contributed by atoms with Gasteiger partial charge in [0.15, 0.2) is 0 Å². The topological polar surface area (TPSA) is 46.5 Å². The minimum Gasteiger partial charge on any atom is -0.465 e. The number of benzene rings is 1. The molecule has 220 valence electrons. The van der Waals surface area contributed by atoms with E-state index in [-0.39, 0.29) is 5.56 Å². The number of methoxy groups -OCH3 is 1. The van der Waals surface area contributed by atoms with Gasteiger partial charge >= 0.3 is 53.6 Å². The first kappa shape index (κ1) is 33.5. The average Bonchev–Trinajstić information content (AvgIpc) is 2.76. The molecular weight excluding hydrogens is 587 g/mol. The molecule has 3 nitrogen and oxygen atoms in total. The molecule has 0 aliphatic heterocycles. The number of halogens is 17. The summed E-state index contributed by atoms with van der Waals surface area (Å²) in [6.07, 6.45) is -13.9. The van der Waals surface area contributed by atoms with E-state index in [1.54, 1.807) is 0 Å². The largest absolute Gasteiger partial charge is 0.465 e. The fraction of sp³-hybridized carbons (Fsp3) is 0.611. The molecule has 1 aromatic rings. The number of aliphatic hydroxyl groups excluding tert-OH is 1. The highest BCUT2D eigenvalue weighted by atomic mass is 19.4. The van der Waals surface area contributed by atoms with Crippen molar-refractivity contribution in [2.45, 2.75) is 60.2 Å². The molecule has 0 aliphatic carbocycles. The predicted octanol–water partition coefficient (Wildman–Crippen LogP) is 6.91. The first-order chi connectivity index (χ1) is 16.6. The summed E-state index contributed by atoms with van der Waals surface area (Å²) in [5, 5.41) is 9.61. The van der Waals surface area contributed by atoms with Crippen molar-refractivity contribution in [1.82, 2.24) is 0 Å². The highest BCUT2D eigenvalue weighted by Gasteiger charge is 2.95. The Bertz CT molecular complexity index is 998. The van der Waals surface area contributed by atoms with E-state index < -0.39 is 71.7 Å². The van der Waals surface area contributed by atoms with Crippen molar-refractivity contribution in [3.05, 3.63) is 35.4 Å². The lowest BCUT2D eigenvalue weighted by Gasteiger charge is -2.43. The van der Waals surface area contributed by atoms with Gasteiger partial charge in [-0.25, -0.2) is 4.79 Å². The van der Waals surface area contributed by atoms with Gasteiger partial charge in [-0.2, -0.15) is 74.6 Å². The van der Waals surface area contributed by atoms with Gasteiger partial charge in [-0.1, -0.05) is 12.1 Å². The summed E-state index contributed by atoms with van der Waals surface area (Å²) in [4.78, 5) is 11.2. The molecule has 1 atom stereocenters. The molecule has 0 saturated carbocycles. The number of esters is 1. The number of aliphatic hydroxyl groups is 1. The van der Waals surface area contributed by atoms with Crippen LogP contribution in [0.5, 0.6) is 0 Å². The number of alkyl halides is 17. The molecule has 1 unspecified atom stereocenters. The van der Waals surface area contributed by atoms with Gasteiger partial charge in [0.2, 0.25) is 0 Å². The van der Waals surface area contributed by atoms with Gasteiger partial charge in [-0.05, 0) is 17.7 Å². The van der Waals surface area contributed by atoms with Crippen LogP contribution in [-0.2, 0) is 4.74 Å². The van der Waals surface area contributed by atoms with Crippen LogP contribution in [0.3, 0.4) is 0 Å². The number of ether oxygens (including phenoxy) is 1. The normalized spacial score (nSPS) is 15.9. The van der Waals surface area contributed by atoms with Crippen LogP contribution in [0.2, 0.25) is 0 Å². The Hall–Kier alpha value is -2.54. The third-order valence-electron chi connectivity index (χ3n) is 4.95. The number of hydrogen-bond donors (Lipinski definition) is 1. The zero-order chi connectivity index (χ0) is 30.6. The summed E-state index contributed by atoms with van der Waals surface area (Å²) in [7, 11) is 0.868. The second-order valence-electron chi connectivity index (χ2n) is 7.48. The minimum absolute atomic E-state index is 0.356. The highest BCUT2D eigenvalue weighted by Crippen LogP contribution is 2.64. The van der Waals surface area contributed by atoms with Gasteiger partial charge in [-0.3, -0.25) is 0 Å². The molecule has 1 aromatic carbocycles. The summed E-state index contributed by atoms with van der Waals surface area (Å²) in [5.74, 6) is -58.3. The van der Waals surface area contributed by atoms with Crippen molar-refractivity contribution < 1.29 is 89.3 Å². The first-order valence-corrected chi connectivity index (χ1v) is 9.16. The Morgan fingerprint density at radius 3 is 1.34 bits per heavy atom. The van der Waals surface area contributed by atoms with E-state index in [2.05, 4.69) is 4.74 Å². The number of rotatable bonds is 10. The molecule has 0 heterocycles. The van der Waals surface area contributed by atoms with E-state index in [0.717, 1.165) is 7.11 Å². The molecule has 0 bridgehead atoms. The maximum absolute atomic E-state index is 14.0. The van der Waals surface area contributed by atoms with E-state index in [4.69, 9.17) is 0 Å². The summed E-state index contributed by atoms with van der Waals surface area (Å²) in [6.45, 7) is 0. The molecule has 0 radical (unpaired) electrons. The second-order valence-corrected chi connectivity index (χ2v) is 7.48. The molecule has 20 heteroatoms. The standard InChI is InChI=1S/C18H11F17O3/c1-38-10(37)8-4-2-7(3-5-8)9(36)6-11(19,20)12(21,22)13(23,24)14(25,26)15(27,28)16(29,30)17(31,32)18(33,34)35/h2-5,9,36H,6H2,1H3. The Balaban J connectivity index is 3.48. The average molecular weight is 598 g/mol. The SMILES string of the molecule is COC(=O)c1ccc(C(O)CC(F)(F)C(F)(F)C(F)(F)C(F)(F)C(F)(F)C(F)(F)C(F)(F)C(F)(F)F)cc1. The minimum atomic E-state index is -8.72.